The van der Waals surface area contributed by atoms with E-state index in [9.17, 15) is 9.90 Å². The highest BCUT2D eigenvalue weighted by Gasteiger charge is 2.56. The van der Waals surface area contributed by atoms with Crippen LogP contribution in [0.4, 0.5) is 0 Å². The van der Waals surface area contributed by atoms with Crippen LogP contribution in [0.25, 0.3) is 6.08 Å². The smallest absolute Gasteiger partial charge is 0.165 e. The summed E-state index contributed by atoms with van der Waals surface area (Å²) in [7, 11) is 1.93. The average Bonchev–Trinajstić information content (AvgIpc) is 3.11. The van der Waals surface area contributed by atoms with E-state index in [4.69, 9.17) is 0 Å². The number of Topliss-reactive ketones (excluding diaryl/α,β-unsaturated/α-hetero) is 1. The third-order valence-electron chi connectivity index (χ3n) is 7.73. The van der Waals surface area contributed by atoms with Crippen LogP contribution in [0.15, 0.2) is 30.0 Å². The van der Waals surface area contributed by atoms with Gasteiger partial charge in [0.1, 0.15) is 5.75 Å². The maximum Gasteiger partial charge on any atom is 0.165 e. The molecular weight excluding hydrogens is 348 g/mol. The molecule has 4 heteroatoms. The largest absolute Gasteiger partial charge is 0.508 e. The SMILES string of the molecule is Cc1nn(C)cc1/C=C1/C[C@@H]2[C@@H]3CCc4cc(O)ccc4[C@H]3CC[C@@]2(C)C1=O. The summed E-state index contributed by atoms with van der Waals surface area (Å²) >= 11 is 0. The Balaban J connectivity index is 1.50. The Hall–Kier alpha value is -2.36. The Kier molecular flexibility index (Phi) is 3.84. The van der Waals surface area contributed by atoms with Gasteiger partial charge < -0.3 is 5.11 Å². The van der Waals surface area contributed by atoms with Crippen LogP contribution in [-0.4, -0.2) is 20.7 Å². The van der Waals surface area contributed by atoms with Crippen molar-refractivity contribution in [1.29, 1.82) is 0 Å². The number of hydrogen-bond acceptors (Lipinski definition) is 3. The minimum Gasteiger partial charge on any atom is -0.508 e. The second kappa shape index (κ2) is 6.07. The van der Waals surface area contributed by atoms with E-state index in [1.54, 1.807) is 0 Å². The summed E-state index contributed by atoms with van der Waals surface area (Å²) in [6.07, 6.45) is 9.14. The molecule has 0 amide bonds. The summed E-state index contributed by atoms with van der Waals surface area (Å²) in [6, 6.07) is 5.89. The Morgan fingerprint density at radius 3 is 2.89 bits per heavy atom. The fourth-order valence-electron chi connectivity index (χ4n) is 6.32. The minimum absolute atomic E-state index is 0.225. The Labute approximate surface area is 166 Å². The number of hydrogen-bond donors (Lipinski definition) is 1. The lowest BCUT2D eigenvalue weighted by Crippen LogP contribution is -2.42. The number of ketones is 1. The van der Waals surface area contributed by atoms with Crippen LogP contribution in [0.5, 0.6) is 5.75 Å². The lowest BCUT2D eigenvalue weighted by molar-refractivity contribution is -0.127. The highest BCUT2D eigenvalue weighted by Crippen LogP contribution is 2.60. The van der Waals surface area contributed by atoms with Crippen LogP contribution >= 0.6 is 0 Å². The van der Waals surface area contributed by atoms with Crippen molar-refractivity contribution >= 4 is 11.9 Å². The number of aromatic nitrogens is 2. The zero-order valence-electron chi connectivity index (χ0n) is 16.9. The third kappa shape index (κ3) is 2.50. The molecule has 0 aliphatic heterocycles. The predicted octanol–water partition coefficient (Wildman–Crippen LogP) is 4.55. The van der Waals surface area contributed by atoms with Gasteiger partial charge in [-0.05, 0) is 91.7 Å². The maximum atomic E-state index is 13.4. The Morgan fingerprint density at radius 2 is 2.14 bits per heavy atom. The first-order chi connectivity index (χ1) is 13.4. The number of allylic oxidation sites excluding steroid dienone is 1. The molecule has 2 saturated carbocycles. The van der Waals surface area contributed by atoms with Gasteiger partial charge in [-0.25, -0.2) is 0 Å². The van der Waals surface area contributed by atoms with Crippen LogP contribution in [0.3, 0.4) is 0 Å². The van der Waals surface area contributed by atoms with Crippen molar-refractivity contribution in [1.82, 2.24) is 9.78 Å². The standard InChI is InChI=1S/C24H28N2O2/c1-14-17(13-26(3)25-14)10-16-12-22-21-6-4-15-11-18(27)5-7-19(15)20(21)8-9-24(22,2)23(16)28/h5,7,10-11,13,20-22,27H,4,6,8-9,12H2,1-3H3/b16-10-/t20-,21-,22-,24-/m1/s1. The topological polar surface area (TPSA) is 55.1 Å². The molecule has 4 atom stereocenters. The molecule has 5 rings (SSSR count). The minimum atomic E-state index is -0.225. The number of fused-ring (bicyclic) bond motifs is 5. The molecule has 146 valence electrons. The van der Waals surface area contributed by atoms with Gasteiger partial charge in [-0.2, -0.15) is 5.10 Å². The monoisotopic (exact) mass is 376 g/mol. The summed E-state index contributed by atoms with van der Waals surface area (Å²) in [5.74, 6) is 2.22. The van der Waals surface area contributed by atoms with Crippen molar-refractivity contribution in [2.45, 2.75) is 51.9 Å². The van der Waals surface area contributed by atoms with Gasteiger partial charge in [-0.15, -0.1) is 0 Å². The van der Waals surface area contributed by atoms with Crippen molar-refractivity contribution < 1.29 is 9.90 Å². The van der Waals surface area contributed by atoms with E-state index >= 15 is 0 Å². The van der Waals surface area contributed by atoms with Crippen molar-refractivity contribution in [2.24, 2.45) is 24.3 Å². The number of carbonyl (C=O) groups excluding carboxylic acids is 1. The molecule has 1 aromatic carbocycles. The highest BCUT2D eigenvalue weighted by molar-refractivity contribution is 6.06. The molecule has 1 N–H and O–H groups in total. The first-order valence-corrected chi connectivity index (χ1v) is 10.4. The van der Waals surface area contributed by atoms with Gasteiger partial charge >= 0.3 is 0 Å². The molecule has 3 aliphatic carbocycles. The fraction of sp³-hybridized carbons (Fsp3) is 0.500. The van der Waals surface area contributed by atoms with E-state index in [2.05, 4.69) is 24.2 Å². The van der Waals surface area contributed by atoms with Crippen LogP contribution in [0, 0.1) is 24.2 Å². The Morgan fingerprint density at radius 1 is 1.32 bits per heavy atom. The van der Waals surface area contributed by atoms with Crippen LogP contribution in [-0.2, 0) is 18.3 Å². The lowest BCUT2D eigenvalue weighted by Gasteiger charge is -2.48. The van der Waals surface area contributed by atoms with Gasteiger partial charge in [-0.1, -0.05) is 13.0 Å². The average molecular weight is 377 g/mol. The van der Waals surface area contributed by atoms with E-state index in [0.29, 0.717) is 29.3 Å². The summed E-state index contributed by atoms with van der Waals surface area (Å²) in [6.45, 7) is 4.21. The van der Waals surface area contributed by atoms with E-state index in [1.165, 1.54) is 11.1 Å². The number of rotatable bonds is 1. The molecule has 2 aromatic rings. The van der Waals surface area contributed by atoms with E-state index in [1.807, 2.05) is 37.0 Å². The van der Waals surface area contributed by atoms with Gasteiger partial charge in [0.2, 0.25) is 0 Å². The number of aryl methyl sites for hydroxylation is 3. The maximum absolute atomic E-state index is 13.4. The molecule has 2 fully saturated rings. The van der Waals surface area contributed by atoms with Crippen LogP contribution in [0.1, 0.15) is 60.9 Å². The van der Waals surface area contributed by atoms with Crippen molar-refractivity contribution in [3.8, 4) is 5.75 Å². The second-order valence-electron chi connectivity index (χ2n) is 9.30. The molecule has 0 unspecified atom stereocenters. The van der Waals surface area contributed by atoms with Gasteiger partial charge in [0.05, 0.1) is 5.69 Å². The fourth-order valence-corrected chi connectivity index (χ4v) is 6.32. The first-order valence-electron chi connectivity index (χ1n) is 10.4. The van der Waals surface area contributed by atoms with Gasteiger partial charge in [-0.3, -0.25) is 9.48 Å². The van der Waals surface area contributed by atoms with Crippen molar-refractivity contribution in [2.75, 3.05) is 0 Å². The predicted molar refractivity (Wildman–Crippen MR) is 109 cm³/mol. The van der Waals surface area contributed by atoms with Crippen LogP contribution in [0.2, 0.25) is 0 Å². The van der Waals surface area contributed by atoms with Crippen molar-refractivity contribution in [3.63, 3.8) is 0 Å². The molecule has 1 heterocycles. The summed E-state index contributed by atoms with van der Waals surface area (Å²) in [4.78, 5) is 13.4. The molecular formula is C24H28N2O2. The molecule has 0 spiro atoms. The second-order valence-corrected chi connectivity index (χ2v) is 9.30. The number of nitrogens with zero attached hydrogens (tertiary/aromatic N) is 2. The highest BCUT2D eigenvalue weighted by atomic mass is 16.3. The number of carbonyl (C=O) groups is 1. The number of benzene rings is 1. The van der Waals surface area contributed by atoms with E-state index < -0.39 is 0 Å². The molecule has 1 aromatic heterocycles. The molecule has 0 saturated heterocycles. The van der Waals surface area contributed by atoms with Crippen LogP contribution < -0.4 is 0 Å². The molecule has 3 aliphatic rings. The van der Waals surface area contributed by atoms with Gasteiger partial charge in [0, 0.05) is 24.2 Å². The normalized spacial score (nSPS) is 32.9. The third-order valence-corrected chi connectivity index (χ3v) is 7.73. The van der Waals surface area contributed by atoms with E-state index in [0.717, 1.165) is 48.9 Å². The summed E-state index contributed by atoms with van der Waals surface area (Å²) in [5, 5.41) is 14.3. The zero-order chi connectivity index (χ0) is 19.6. The first kappa shape index (κ1) is 17.7. The molecule has 28 heavy (non-hydrogen) atoms. The molecule has 0 bridgehead atoms. The van der Waals surface area contributed by atoms with Gasteiger partial charge in [0.15, 0.2) is 5.78 Å². The van der Waals surface area contributed by atoms with Crippen molar-refractivity contribution in [3.05, 3.63) is 52.4 Å². The van der Waals surface area contributed by atoms with Gasteiger partial charge in [0.25, 0.3) is 0 Å². The Bertz CT molecular complexity index is 1000. The summed E-state index contributed by atoms with van der Waals surface area (Å²) < 4.78 is 1.82. The molecule has 4 nitrogen and oxygen atoms in total. The number of aromatic hydroxyl groups is 1. The zero-order valence-corrected chi connectivity index (χ0v) is 16.9. The number of phenols is 1. The number of phenolic OH excluding ortho intramolecular Hbond substituents is 1. The molecule has 0 radical (unpaired) electrons. The summed E-state index contributed by atoms with van der Waals surface area (Å²) in [5.41, 5.74) is 5.51. The lowest BCUT2D eigenvalue weighted by atomic mass is 9.55. The quantitative estimate of drug-likeness (QED) is 0.743. The van der Waals surface area contributed by atoms with E-state index in [-0.39, 0.29) is 5.41 Å².